The maximum absolute atomic E-state index is 10.9. The van der Waals surface area contributed by atoms with Gasteiger partial charge in [0.25, 0.3) is 0 Å². The number of ether oxygens (including phenoxy) is 1. The van der Waals surface area contributed by atoms with Crippen LogP contribution in [0, 0.1) is 0 Å². The molecule has 0 saturated heterocycles. The third-order valence-corrected chi connectivity index (χ3v) is 3.78. The molecule has 0 spiro atoms. The normalized spacial score (nSPS) is 14.1. The molecule has 0 atom stereocenters. The third-order valence-electron chi connectivity index (χ3n) is 3.78. The van der Waals surface area contributed by atoms with Gasteiger partial charge < -0.3 is 14.7 Å². The second-order valence-electron chi connectivity index (χ2n) is 5.29. The first-order valence-electron chi connectivity index (χ1n) is 7.10. The average Bonchev–Trinajstić information content (AvgIpc) is 3.31. The molecule has 0 radical (unpaired) electrons. The van der Waals surface area contributed by atoms with Gasteiger partial charge in [0.1, 0.15) is 11.6 Å². The number of carboxylic acid groups (broad SMARTS) is 1. The van der Waals surface area contributed by atoms with Crippen LogP contribution in [0.25, 0.3) is 10.8 Å². The fourth-order valence-electron chi connectivity index (χ4n) is 2.56. The number of rotatable bonds is 6. The molecule has 1 aromatic carbocycles. The van der Waals surface area contributed by atoms with E-state index in [9.17, 15) is 4.79 Å². The molecule has 0 aliphatic heterocycles. The quantitative estimate of drug-likeness (QED) is 0.884. The van der Waals surface area contributed by atoms with E-state index < -0.39 is 5.97 Å². The van der Waals surface area contributed by atoms with Crippen LogP contribution in [-0.2, 0) is 4.79 Å². The molecule has 0 unspecified atom stereocenters. The van der Waals surface area contributed by atoms with Crippen molar-refractivity contribution in [3.63, 3.8) is 0 Å². The Labute approximate surface area is 123 Å². The molecule has 1 N–H and O–H groups in total. The number of nitrogens with zero attached hydrogens (tertiary/aromatic N) is 2. The Kier molecular flexibility index (Phi) is 3.64. The number of hydrogen-bond acceptors (Lipinski definition) is 4. The molecule has 1 fully saturated rings. The highest BCUT2D eigenvalue weighted by molar-refractivity contribution is 5.93. The minimum Gasteiger partial charge on any atom is -0.497 e. The largest absolute Gasteiger partial charge is 0.497 e. The predicted octanol–water partition coefficient (Wildman–Crippen LogP) is 2.69. The third kappa shape index (κ3) is 2.91. The lowest BCUT2D eigenvalue weighted by Gasteiger charge is -2.24. The number of carbonyl (C=O) groups is 1. The minimum absolute atomic E-state index is 0.130. The van der Waals surface area contributed by atoms with Gasteiger partial charge in [0.05, 0.1) is 13.5 Å². The molecule has 1 aromatic heterocycles. The lowest BCUT2D eigenvalue weighted by Crippen LogP contribution is -2.29. The summed E-state index contributed by atoms with van der Waals surface area (Å²) in [6.07, 6.45) is 4.11. The Morgan fingerprint density at radius 1 is 1.43 bits per heavy atom. The van der Waals surface area contributed by atoms with Crippen molar-refractivity contribution >= 4 is 22.6 Å². The lowest BCUT2D eigenvalue weighted by molar-refractivity contribution is -0.136. The summed E-state index contributed by atoms with van der Waals surface area (Å²) in [4.78, 5) is 17.5. The van der Waals surface area contributed by atoms with Crippen LogP contribution < -0.4 is 9.64 Å². The van der Waals surface area contributed by atoms with Crippen LogP contribution in [0.15, 0.2) is 30.5 Å². The summed E-state index contributed by atoms with van der Waals surface area (Å²) in [5.74, 6) is 0.907. The summed E-state index contributed by atoms with van der Waals surface area (Å²) < 4.78 is 5.25. The summed E-state index contributed by atoms with van der Waals surface area (Å²) in [6, 6.07) is 8.25. The van der Waals surface area contributed by atoms with Crippen LogP contribution in [0.4, 0.5) is 5.82 Å². The Hall–Kier alpha value is -2.30. The fraction of sp³-hybridized carbons (Fsp3) is 0.375. The molecule has 0 amide bonds. The van der Waals surface area contributed by atoms with Gasteiger partial charge in [-0.25, -0.2) is 4.98 Å². The van der Waals surface area contributed by atoms with Crippen LogP contribution in [0.5, 0.6) is 5.75 Å². The topological polar surface area (TPSA) is 62.7 Å². The van der Waals surface area contributed by atoms with Crippen molar-refractivity contribution in [3.8, 4) is 5.75 Å². The first-order valence-corrected chi connectivity index (χ1v) is 7.10. The Balaban J connectivity index is 1.98. The molecule has 3 rings (SSSR count). The van der Waals surface area contributed by atoms with Gasteiger partial charge in [0.2, 0.25) is 0 Å². The average molecular weight is 286 g/mol. The van der Waals surface area contributed by atoms with Gasteiger partial charge >= 0.3 is 5.97 Å². The Morgan fingerprint density at radius 3 is 2.90 bits per heavy atom. The van der Waals surface area contributed by atoms with Crippen LogP contribution in [0.3, 0.4) is 0 Å². The lowest BCUT2D eigenvalue weighted by atomic mass is 10.1. The van der Waals surface area contributed by atoms with E-state index in [1.807, 2.05) is 24.3 Å². The van der Waals surface area contributed by atoms with Crippen molar-refractivity contribution in [2.75, 3.05) is 18.6 Å². The summed E-state index contributed by atoms with van der Waals surface area (Å²) >= 11 is 0. The first kappa shape index (κ1) is 13.7. The second-order valence-corrected chi connectivity index (χ2v) is 5.29. The van der Waals surface area contributed by atoms with Gasteiger partial charge in [-0.3, -0.25) is 4.79 Å². The van der Waals surface area contributed by atoms with Gasteiger partial charge in [-0.05, 0) is 42.5 Å². The molecule has 1 aliphatic rings. The number of hydrogen-bond donors (Lipinski definition) is 1. The van der Waals surface area contributed by atoms with Crippen molar-refractivity contribution in [1.82, 2.24) is 4.98 Å². The molecule has 1 aliphatic carbocycles. The van der Waals surface area contributed by atoms with E-state index in [4.69, 9.17) is 9.84 Å². The molecule has 110 valence electrons. The van der Waals surface area contributed by atoms with E-state index >= 15 is 0 Å². The minimum atomic E-state index is -0.775. The number of aliphatic carboxylic acids is 1. The number of anilines is 1. The highest BCUT2D eigenvalue weighted by atomic mass is 16.5. The monoisotopic (exact) mass is 286 g/mol. The van der Waals surface area contributed by atoms with Gasteiger partial charge in [-0.15, -0.1) is 0 Å². The van der Waals surface area contributed by atoms with Crippen LogP contribution in [0.1, 0.15) is 19.3 Å². The second kappa shape index (κ2) is 5.60. The van der Waals surface area contributed by atoms with Gasteiger partial charge in [0, 0.05) is 24.2 Å². The van der Waals surface area contributed by atoms with Gasteiger partial charge in [-0.2, -0.15) is 0 Å². The SMILES string of the molecule is COc1ccc2c(N(CCC(=O)O)C3CC3)nccc2c1. The van der Waals surface area contributed by atoms with Crippen molar-refractivity contribution in [2.24, 2.45) is 0 Å². The van der Waals surface area contributed by atoms with Crippen molar-refractivity contribution < 1.29 is 14.6 Å². The number of pyridine rings is 1. The van der Waals surface area contributed by atoms with E-state index in [1.165, 1.54) is 0 Å². The number of carboxylic acids is 1. The maximum atomic E-state index is 10.9. The first-order chi connectivity index (χ1) is 10.2. The molecule has 21 heavy (non-hydrogen) atoms. The Morgan fingerprint density at radius 2 is 2.24 bits per heavy atom. The molecule has 5 nitrogen and oxygen atoms in total. The number of fused-ring (bicyclic) bond motifs is 1. The van der Waals surface area contributed by atoms with Crippen molar-refractivity contribution in [3.05, 3.63) is 30.5 Å². The fourth-order valence-corrected chi connectivity index (χ4v) is 2.56. The van der Waals surface area contributed by atoms with Crippen LogP contribution in [0.2, 0.25) is 0 Å². The zero-order valence-corrected chi connectivity index (χ0v) is 12.0. The standard InChI is InChI=1S/C16H18N2O3/c1-21-13-4-5-14-11(10-13)6-8-17-16(14)18(12-2-3-12)9-7-15(19)20/h4-6,8,10,12H,2-3,7,9H2,1H3,(H,19,20). The highest BCUT2D eigenvalue weighted by Gasteiger charge is 2.31. The van der Waals surface area contributed by atoms with Crippen LogP contribution in [-0.4, -0.2) is 35.8 Å². The van der Waals surface area contributed by atoms with Gasteiger partial charge in [-0.1, -0.05) is 0 Å². The molecule has 0 bridgehead atoms. The summed E-state index contributed by atoms with van der Waals surface area (Å²) in [5.41, 5.74) is 0. The zero-order valence-electron chi connectivity index (χ0n) is 12.0. The van der Waals surface area contributed by atoms with E-state index in [0.717, 1.165) is 35.2 Å². The Bertz CT molecular complexity index is 668. The number of aromatic nitrogens is 1. The molecule has 5 heteroatoms. The van der Waals surface area contributed by atoms with E-state index in [0.29, 0.717) is 12.6 Å². The van der Waals surface area contributed by atoms with Crippen molar-refractivity contribution in [2.45, 2.75) is 25.3 Å². The molecule has 2 aromatic rings. The molecular formula is C16H18N2O3. The van der Waals surface area contributed by atoms with E-state index in [1.54, 1.807) is 13.3 Å². The smallest absolute Gasteiger partial charge is 0.305 e. The van der Waals surface area contributed by atoms with Crippen LogP contribution >= 0.6 is 0 Å². The number of methoxy groups -OCH3 is 1. The predicted molar refractivity (Wildman–Crippen MR) is 80.9 cm³/mol. The zero-order chi connectivity index (χ0) is 14.8. The summed E-state index contributed by atoms with van der Waals surface area (Å²) in [6.45, 7) is 0.498. The van der Waals surface area contributed by atoms with E-state index in [2.05, 4.69) is 9.88 Å². The van der Waals surface area contributed by atoms with Crippen molar-refractivity contribution in [1.29, 1.82) is 0 Å². The highest BCUT2D eigenvalue weighted by Crippen LogP contribution is 2.35. The molecule has 1 saturated carbocycles. The number of benzene rings is 1. The molecular weight excluding hydrogens is 268 g/mol. The summed E-state index contributed by atoms with van der Waals surface area (Å²) in [7, 11) is 1.65. The van der Waals surface area contributed by atoms with Gasteiger partial charge in [0.15, 0.2) is 0 Å². The molecule has 1 heterocycles. The van der Waals surface area contributed by atoms with E-state index in [-0.39, 0.29) is 6.42 Å². The summed E-state index contributed by atoms with van der Waals surface area (Å²) in [5, 5.41) is 11.0. The maximum Gasteiger partial charge on any atom is 0.305 e.